The highest BCUT2D eigenvalue weighted by Crippen LogP contribution is 2.34. The number of aromatic nitrogens is 1. The Kier molecular flexibility index (Phi) is 4.33. The number of halogens is 1. The molecule has 0 aliphatic heterocycles. The van der Waals surface area contributed by atoms with Gasteiger partial charge >= 0.3 is 0 Å². The topological polar surface area (TPSA) is 68.0 Å². The van der Waals surface area contributed by atoms with Crippen molar-refractivity contribution in [1.29, 1.82) is 0 Å². The van der Waals surface area contributed by atoms with Crippen LogP contribution in [-0.4, -0.2) is 10.9 Å². The maximum atomic E-state index is 13.0. The molecule has 134 valence electrons. The number of fused-ring (bicyclic) bond motifs is 1. The molecule has 1 amide bonds. The quantitative estimate of drug-likeness (QED) is 0.513. The molecule has 0 aliphatic rings. The number of nitrogens with two attached hydrogens (primary N) is 1. The molecule has 0 spiro atoms. The molecule has 0 saturated carbocycles. The van der Waals surface area contributed by atoms with Crippen LogP contribution >= 0.6 is 11.3 Å². The van der Waals surface area contributed by atoms with Crippen LogP contribution in [0.5, 0.6) is 0 Å². The highest BCUT2D eigenvalue weighted by Gasteiger charge is 2.18. The summed E-state index contributed by atoms with van der Waals surface area (Å²) >= 11 is 1.24. The standard InChI is InChI=1S/C21H16FN3OS/c1-12-2-4-13(5-3-12)17-11-10-16-18(23)19(27-21(16)25-17)20(26)24-15-8-6-14(22)7-9-15/h2-11H,23H2,1H3,(H,24,26). The molecule has 4 rings (SSSR count). The first-order valence-corrected chi connectivity index (χ1v) is 9.16. The van der Waals surface area contributed by atoms with Gasteiger partial charge in [0.2, 0.25) is 0 Å². The number of aryl methyl sites for hydroxylation is 1. The molecule has 0 unspecified atom stereocenters. The van der Waals surface area contributed by atoms with Gasteiger partial charge in [-0.3, -0.25) is 4.79 Å². The zero-order valence-corrected chi connectivity index (χ0v) is 15.3. The van der Waals surface area contributed by atoms with E-state index in [1.54, 1.807) is 0 Å². The molecule has 0 fully saturated rings. The Bertz CT molecular complexity index is 1130. The maximum absolute atomic E-state index is 13.0. The number of anilines is 2. The van der Waals surface area contributed by atoms with Crippen molar-refractivity contribution in [3.05, 3.63) is 76.9 Å². The average molecular weight is 377 g/mol. The van der Waals surface area contributed by atoms with Crippen molar-refractivity contribution < 1.29 is 9.18 Å². The van der Waals surface area contributed by atoms with Crippen LogP contribution in [0.3, 0.4) is 0 Å². The summed E-state index contributed by atoms with van der Waals surface area (Å²) in [5.41, 5.74) is 10.1. The summed E-state index contributed by atoms with van der Waals surface area (Å²) in [6.45, 7) is 2.03. The molecule has 3 N–H and O–H groups in total. The lowest BCUT2D eigenvalue weighted by Crippen LogP contribution is -2.11. The van der Waals surface area contributed by atoms with E-state index in [9.17, 15) is 9.18 Å². The smallest absolute Gasteiger partial charge is 0.267 e. The summed E-state index contributed by atoms with van der Waals surface area (Å²) in [6.07, 6.45) is 0. The SMILES string of the molecule is Cc1ccc(-c2ccc3c(N)c(C(=O)Nc4ccc(F)cc4)sc3n2)cc1. The van der Waals surface area contributed by atoms with Crippen LogP contribution in [0.15, 0.2) is 60.7 Å². The van der Waals surface area contributed by atoms with Gasteiger partial charge in [-0.05, 0) is 43.3 Å². The lowest BCUT2D eigenvalue weighted by Gasteiger charge is -2.04. The number of rotatable bonds is 3. The molecular formula is C21H16FN3OS. The van der Waals surface area contributed by atoms with E-state index in [1.165, 1.54) is 41.2 Å². The van der Waals surface area contributed by atoms with Crippen molar-refractivity contribution >= 4 is 38.8 Å². The fraction of sp³-hybridized carbons (Fsp3) is 0.0476. The third-order valence-corrected chi connectivity index (χ3v) is 5.36. The van der Waals surface area contributed by atoms with E-state index < -0.39 is 0 Å². The number of nitrogens with one attached hydrogen (secondary N) is 1. The zero-order valence-electron chi connectivity index (χ0n) is 14.5. The highest BCUT2D eigenvalue weighted by molar-refractivity contribution is 7.21. The number of carbonyl (C=O) groups is 1. The number of nitrogen functional groups attached to an aromatic ring is 1. The van der Waals surface area contributed by atoms with Gasteiger partial charge in [-0.1, -0.05) is 29.8 Å². The minimum atomic E-state index is -0.359. The molecule has 6 heteroatoms. The Balaban J connectivity index is 1.67. The van der Waals surface area contributed by atoms with Gasteiger partial charge in [0, 0.05) is 16.6 Å². The molecule has 0 atom stereocenters. The van der Waals surface area contributed by atoms with Crippen LogP contribution in [-0.2, 0) is 0 Å². The number of thiophene rings is 1. The normalized spacial score (nSPS) is 10.9. The Morgan fingerprint density at radius 2 is 1.74 bits per heavy atom. The molecule has 0 aliphatic carbocycles. The molecule has 0 bridgehead atoms. The van der Waals surface area contributed by atoms with E-state index in [0.29, 0.717) is 21.1 Å². The summed E-state index contributed by atoms with van der Waals surface area (Å²) in [5, 5.41) is 3.49. The molecular weight excluding hydrogens is 361 g/mol. The third-order valence-electron chi connectivity index (χ3n) is 4.25. The van der Waals surface area contributed by atoms with Gasteiger partial charge in [0.25, 0.3) is 5.91 Å². The van der Waals surface area contributed by atoms with Gasteiger partial charge in [0.05, 0.1) is 11.4 Å². The molecule has 2 aromatic heterocycles. The molecule has 2 aromatic carbocycles. The number of benzene rings is 2. The fourth-order valence-electron chi connectivity index (χ4n) is 2.77. The minimum absolute atomic E-state index is 0.334. The molecule has 2 heterocycles. The second-order valence-electron chi connectivity index (χ2n) is 6.22. The van der Waals surface area contributed by atoms with Gasteiger partial charge in [0.15, 0.2) is 0 Å². The largest absolute Gasteiger partial charge is 0.397 e. The van der Waals surface area contributed by atoms with Gasteiger partial charge in [-0.2, -0.15) is 0 Å². The first-order chi connectivity index (χ1) is 13.0. The number of nitrogens with zero attached hydrogens (tertiary/aromatic N) is 1. The first kappa shape index (κ1) is 17.2. The number of carbonyl (C=O) groups excluding carboxylic acids is 1. The van der Waals surface area contributed by atoms with E-state index in [2.05, 4.69) is 10.3 Å². The van der Waals surface area contributed by atoms with Gasteiger partial charge in [0.1, 0.15) is 15.5 Å². The van der Waals surface area contributed by atoms with Crippen molar-refractivity contribution in [2.24, 2.45) is 0 Å². The van der Waals surface area contributed by atoms with Crippen LogP contribution in [0, 0.1) is 12.7 Å². The molecule has 0 radical (unpaired) electrons. The Morgan fingerprint density at radius 1 is 1.04 bits per heavy atom. The van der Waals surface area contributed by atoms with Crippen molar-refractivity contribution in [3.8, 4) is 11.3 Å². The molecule has 0 saturated heterocycles. The highest BCUT2D eigenvalue weighted by atomic mass is 32.1. The van der Waals surface area contributed by atoms with E-state index >= 15 is 0 Å². The molecule has 27 heavy (non-hydrogen) atoms. The summed E-state index contributed by atoms with van der Waals surface area (Å²) in [4.78, 5) is 18.3. The lowest BCUT2D eigenvalue weighted by atomic mass is 10.1. The van der Waals surface area contributed by atoms with Crippen molar-refractivity contribution in [2.45, 2.75) is 6.92 Å². The Hall–Kier alpha value is -3.25. The molecule has 4 nitrogen and oxygen atoms in total. The van der Waals surface area contributed by atoms with Crippen LogP contribution in [0.2, 0.25) is 0 Å². The van der Waals surface area contributed by atoms with Crippen LogP contribution in [0.25, 0.3) is 21.5 Å². The lowest BCUT2D eigenvalue weighted by molar-refractivity contribution is 0.103. The fourth-order valence-corrected chi connectivity index (χ4v) is 3.76. The minimum Gasteiger partial charge on any atom is -0.397 e. The van der Waals surface area contributed by atoms with Crippen molar-refractivity contribution in [3.63, 3.8) is 0 Å². The van der Waals surface area contributed by atoms with Crippen LogP contribution < -0.4 is 11.1 Å². The first-order valence-electron chi connectivity index (χ1n) is 8.34. The predicted octanol–water partition coefficient (Wildman–Crippen LogP) is 5.25. The van der Waals surface area contributed by atoms with Gasteiger partial charge < -0.3 is 11.1 Å². The molecule has 4 aromatic rings. The maximum Gasteiger partial charge on any atom is 0.267 e. The van der Waals surface area contributed by atoms with Gasteiger partial charge in [-0.25, -0.2) is 9.37 Å². The van der Waals surface area contributed by atoms with E-state index in [-0.39, 0.29) is 11.7 Å². The second-order valence-corrected chi connectivity index (χ2v) is 7.22. The predicted molar refractivity (Wildman–Crippen MR) is 109 cm³/mol. The third kappa shape index (κ3) is 3.39. The number of hydrogen-bond acceptors (Lipinski definition) is 4. The van der Waals surface area contributed by atoms with Crippen molar-refractivity contribution in [2.75, 3.05) is 11.1 Å². The van der Waals surface area contributed by atoms with Crippen molar-refractivity contribution in [1.82, 2.24) is 4.98 Å². The Labute approximate surface area is 159 Å². The van der Waals surface area contributed by atoms with E-state index in [0.717, 1.165) is 16.6 Å². The number of amides is 1. The van der Waals surface area contributed by atoms with E-state index in [1.807, 2.05) is 43.3 Å². The van der Waals surface area contributed by atoms with Gasteiger partial charge in [-0.15, -0.1) is 11.3 Å². The Morgan fingerprint density at radius 3 is 2.44 bits per heavy atom. The summed E-state index contributed by atoms with van der Waals surface area (Å²) in [6, 6.07) is 17.5. The number of hydrogen-bond donors (Lipinski definition) is 2. The zero-order chi connectivity index (χ0) is 19.0. The summed E-state index contributed by atoms with van der Waals surface area (Å²) < 4.78 is 13.0. The van der Waals surface area contributed by atoms with E-state index in [4.69, 9.17) is 5.73 Å². The summed E-state index contributed by atoms with van der Waals surface area (Å²) in [5.74, 6) is -0.693. The number of pyridine rings is 1. The van der Waals surface area contributed by atoms with Crippen LogP contribution in [0.4, 0.5) is 15.8 Å². The second kappa shape index (κ2) is 6.81. The van der Waals surface area contributed by atoms with Crippen LogP contribution in [0.1, 0.15) is 15.2 Å². The summed E-state index contributed by atoms with van der Waals surface area (Å²) in [7, 11) is 0. The monoisotopic (exact) mass is 377 g/mol. The average Bonchev–Trinajstić information content (AvgIpc) is 3.00.